The van der Waals surface area contributed by atoms with Gasteiger partial charge in [-0.05, 0) is 38.3 Å². The summed E-state index contributed by atoms with van der Waals surface area (Å²) < 4.78 is 5.46. The Labute approximate surface area is 124 Å². The predicted molar refractivity (Wildman–Crippen MR) is 79.4 cm³/mol. The van der Waals surface area contributed by atoms with Gasteiger partial charge in [0.1, 0.15) is 6.54 Å². The second-order valence-electron chi connectivity index (χ2n) is 5.63. The Morgan fingerprint density at radius 2 is 1.90 bits per heavy atom. The summed E-state index contributed by atoms with van der Waals surface area (Å²) in [6.07, 6.45) is 2.98. The lowest BCUT2D eigenvalue weighted by Gasteiger charge is -2.41. The Hall–Kier alpha value is -1.88. The molecular formula is C16H21NO4. The van der Waals surface area contributed by atoms with Crippen molar-refractivity contribution in [3.63, 3.8) is 0 Å². The molecule has 0 atom stereocenters. The molecule has 1 fully saturated rings. The molecular weight excluding hydrogens is 270 g/mol. The molecule has 1 saturated carbocycles. The lowest BCUT2D eigenvalue weighted by molar-refractivity contribution is -0.139. The minimum absolute atomic E-state index is 0.206. The zero-order valence-corrected chi connectivity index (χ0v) is 12.5. The molecule has 0 spiro atoms. The van der Waals surface area contributed by atoms with E-state index in [1.807, 2.05) is 19.1 Å². The van der Waals surface area contributed by atoms with E-state index < -0.39 is 11.6 Å². The number of aryl methyl sites for hydroxylation is 1. The van der Waals surface area contributed by atoms with Crippen LogP contribution in [0, 0.1) is 6.92 Å². The summed E-state index contributed by atoms with van der Waals surface area (Å²) in [6, 6.07) is 7.28. The van der Waals surface area contributed by atoms with Crippen LogP contribution in [0.25, 0.3) is 0 Å². The van der Waals surface area contributed by atoms with Gasteiger partial charge >= 0.3 is 5.97 Å². The fraction of sp³-hybridized carbons (Fsp3) is 0.500. The van der Waals surface area contributed by atoms with Gasteiger partial charge in [0, 0.05) is 12.8 Å². The van der Waals surface area contributed by atoms with Gasteiger partial charge in [0.25, 0.3) is 0 Å². The van der Waals surface area contributed by atoms with E-state index in [1.165, 1.54) is 4.90 Å². The van der Waals surface area contributed by atoms with Crippen LogP contribution in [-0.2, 0) is 14.3 Å². The predicted octanol–water partition coefficient (Wildman–Crippen LogP) is 2.37. The number of hydrogen-bond donors (Lipinski definition) is 1. The third kappa shape index (κ3) is 3.61. The van der Waals surface area contributed by atoms with Crippen LogP contribution in [0.3, 0.4) is 0 Å². The van der Waals surface area contributed by atoms with E-state index >= 15 is 0 Å². The summed E-state index contributed by atoms with van der Waals surface area (Å²) in [7, 11) is 1.61. The van der Waals surface area contributed by atoms with Gasteiger partial charge in [0.2, 0.25) is 5.91 Å². The van der Waals surface area contributed by atoms with Crippen molar-refractivity contribution in [1.29, 1.82) is 0 Å². The quantitative estimate of drug-likeness (QED) is 0.873. The second-order valence-corrected chi connectivity index (χ2v) is 5.63. The average molecular weight is 291 g/mol. The molecule has 1 N–H and O–H groups in total. The van der Waals surface area contributed by atoms with Gasteiger partial charge in [-0.2, -0.15) is 0 Å². The molecule has 0 saturated heterocycles. The van der Waals surface area contributed by atoms with Crippen LogP contribution in [0.2, 0.25) is 0 Å². The minimum atomic E-state index is -1.02. The average Bonchev–Trinajstić information content (AvgIpc) is 2.41. The van der Waals surface area contributed by atoms with Crippen molar-refractivity contribution in [2.24, 2.45) is 0 Å². The van der Waals surface area contributed by atoms with Crippen molar-refractivity contribution >= 4 is 17.6 Å². The topological polar surface area (TPSA) is 66.8 Å². The van der Waals surface area contributed by atoms with Crippen LogP contribution in [-0.4, -0.2) is 36.2 Å². The number of anilines is 1. The Morgan fingerprint density at radius 3 is 2.33 bits per heavy atom. The molecule has 0 radical (unpaired) electrons. The number of carboxylic acid groups (broad SMARTS) is 1. The number of hydrogen-bond acceptors (Lipinski definition) is 3. The number of benzene rings is 1. The van der Waals surface area contributed by atoms with Gasteiger partial charge < -0.3 is 14.7 Å². The van der Waals surface area contributed by atoms with E-state index in [1.54, 1.807) is 19.2 Å². The van der Waals surface area contributed by atoms with Crippen molar-refractivity contribution in [3.8, 4) is 0 Å². The number of rotatable bonds is 6. The van der Waals surface area contributed by atoms with Gasteiger partial charge in [0.15, 0.2) is 0 Å². The number of amides is 1. The summed E-state index contributed by atoms with van der Waals surface area (Å²) >= 11 is 0. The van der Waals surface area contributed by atoms with E-state index in [2.05, 4.69) is 0 Å². The van der Waals surface area contributed by atoms with Crippen LogP contribution in [0.5, 0.6) is 0 Å². The lowest BCUT2D eigenvalue weighted by Crippen LogP contribution is -2.46. The van der Waals surface area contributed by atoms with Crippen molar-refractivity contribution in [3.05, 3.63) is 29.8 Å². The van der Waals surface area contributed by atoms with Crippen LogP contribution in [0.4, 0.5) is 5.69 Å². The maximum Gasteiger partial charge on any atom is 0.323 e. The maximum atomic E-state index is 12.5. The molecule has 0 aliphatic heterocycles. The Bertz CT molecular complexity index is 514. The molecule has 1 aliphatic rings. The first kappa shape index (κ1) is 15.5. The zero-order chi connectivity index (χ0) is 15.5. The molecule has 1 aliphatic carbocycles. The second kappa shape index (κ2) is 6.26. The molecule has 21 heavy (non-hydrogen) atoms. The first-order valence-corrected chi connectivity index (χ1v) is 7.10. The van der Waals surface area contributed by atoms with E-state index in [4.69, 9.17) is 9.84 Å². The molecule has 0 unspecified atom stereocenters. The summed E-state index contributed by atoms with van der Waals surface area (Å²) in [5.41, 5.74) is 1.27. The number of aliphatic carboxylic acids is 1. The number of nitrogens with zero attached hydrogens (tertiary/aromatic N) is 1. The smallest absolute Gasteiger partial charge is 0.323 e. The highest BCUT2D eigenvalue weighted by molar-refractivity contribution is 5.97. The standard InChI is InChI=1S/C16H21NO4/c1-12-4-6-13(7-5-12)17(11-15(19)20)14(18)10-16(21-2)8-3-9-16/h4-7H,3,8-11H2,1-2H3,(H,19,20). The van der Waals surface area contributed by atoms with Crippen molar-refractivity contribution < 1.29 is 19.4 Å². The fourth-order valence-corrected chi connectivity index (χ4v) is 2.58. The van der Waals surface area contributed by atoms with Gasteiger partial charge in [-0.25, -0.2) is 0 Å². The normalized spacial score (nSPS) is 16.1. The third-order valence-electron chi connectivity index (χ3n) is 4.11. The molecule has 1 aromatic rings. The lowest BCUT2D eigenvalue weighted by atomic mass is 9.77. The number of ether oxygens (including phenoxy) is 1. The molecule has 5 nitrogen and oxygen atoms in total. The third-order valence-corrected chi connectivity index (χ3v) is 4.11. The molecule has 0 heterocycles. The van der Waals surface area contributed by atoms with Gasteiger partial charge in [-0.15, -0.1) is 0 Å². The minimum Gasteiger partial charge on any atom is -0.480 e. The Morgan fingerprint density at radius 1 is 1.29 bits per heavy atom. The first-order chi connectivity index (χ1) is 9.96. The van der Waals surface area contributed by atoms with Crippen LogP contribution in [0.15, 0.2) is 24.3 Å². The molecule has 114 valence electrons. The SMILES string of the molecule is COC1(CC(=O)N(CC(=O)O)c2ccc(C)cc2)CCC1. The summed E-state index contributed by atoms with van der Waals surface area (Å²) in [5, 5.41) is 9.05. The number of carbonyl (C=O) groups is 2. The van der Waals surface area contributed by atoms with Gasteiger partial charge in [0.05, 0.1) is 12.0 Å². The van der Waals surface area contributed by atoms with E-state index in [0.29, 0.717) is 5.69 Å². The largest absolute Gasteiger partial charge is 0.480 e. The summed E-state index contributed by atoms with van der Waals surface area (Å²) in [4.78, 5) is 24.9. The molecule has 1 aromatic carbocycles. The Kier molecular flexibility index (Phi) is 4.63. The zero-order valence-electron chi connectivity index (χ0n) is 12.5. The first-order valence-electron chi connectivity index (χ1n) is 7.10. The van der Waals surface area contributed by atoms with Crippen LogP contribution in [0.1, 0.15) is 31.2 Å². The summed E-state index contributed by atoms with van der Waals surface area (Å²) in [5.74, 6) is -1.23. The van der Waals surface area contributed by atoms with Gasteiger partial charge in [-0.1, -0.05) is 17.7 Å². The molecule has 1 amide bonds. The van der Waals surface area contributed by atoms with E-state index in [0.717, 1.165) is 24.8 Å². The van der Waals surface area contributed by atoms with E-state index in [9.17, 15) is 9.59 Å². The van der Waals surface area contributed by atoms with Crippen molar-refractivity contribution in [2.45, 2.75) is 38.2 Å². The highest BCUT2D eigenvalue weighted by Crippen LogP contribution is 2.38. The monoisotopic (exact) mass is 291 g/mol. The number of methoxy groups -OCH3 is 1. The highest BCUT2D eigenvalue weighted by atomic mass is 16.5. The molecule has 5 heteroatoms. The van der Waals surface area contributed by atoms with E-state index in [-0.39, 0.29) is 18.9 Å². The van der Waals surface area contributed by atoms with Crippen molar-refractivity contribution in [1.82, 2.24) is 0 Å². The van der Waals surface area contributed by atoms with Crippen LogP contribution >= 0.6 is 0 Å². The molecule has 2 rings (SSSR count). The highest BCUT2D eigenvalue weighted by Gasteiger charge is 2.40. The number of carboxylic acids is 1. The Balaban J connectivity index is 2.17. The van der Waals surface area contributed by atoms with Crippen molar-refractivity contribution in [2.75, 3.05) is 18.6 Å². The fourth-order valence-electron chi connectivity index (χ4n) is 2.58. The number of carbonyl (C=O) groups excluding carboxylic acids is 1. The molecule has 0 bridgehead atoms. The van der Waals surface area contributed by atoms with Crippen LogP contribution < -0.4 is 4.90 Å². The maximum absolute atomic E-state index is 12.5. The summed E-state index contributed by atoms with van der Waals surface area (Å²) in [6.45, 7) is 1.61. The van der Waals surface area contributed by atoms with Gasteiger partial charge in [-0.3, -0.25) is 9.59 Å². The molecule has 0 aromatic heterocycles.